The van der Waals surface area contributed by atoms with Crippen LogP contribution in [0.15, 0.2) is 18.3 Å². The normalized spacial score (nSPS) is 20.4. The predicted molar refractivity (Wildman–Crippen MR) is 74.0 cm³/mol. The van der Waals surface area contributed by atoms with Crippen molar-refractivity contribution < 1.29 is 9.90 Å². The molecule has 0 radical (unpaired) electrons. The lowest BCUT2D eigenvalue weighted by Crippen LogP contribution is -2.34. The number of likely N-dealkylation sites (N-methyl/N-ethyl adjacent to an activating group) is 1. The summed E-state index contributed by atoms with van der Waals surface area (Å²) < 4.78 is 1.83. The van der Waals surface area contributed by atoms with Gasteiger partial charge in [0.25, 0.3) is 0 Å². The zero-order valence-electron chi connectivity index (χ0n) is 11.5. The maximum Gasteiger partial charge on any atom is 0.337 e. The third-order valence-electron chi connectivity index (χ3n) is 3.99. The molecule has 1 aliphatic heterocycles. The molecule has 1 N–H and O–H groups in total. The predicted octanol–water partition coefficient (Wildman–Crippen LogP) is 1.63. The van der Waals surface area contributed by atoms with E-state index >= 15 is 0 Å². The van der Waals surface area contributed by atoms with Crippen LogP contribution in [0.5, 0.6) is 0 Å². The van der Waals surface area contributed by atoms with Gasteiger partial charge < -0.3 is 10.0 Å². The molecule has 0 aromatic carbocycles. The number of pyridine rings is 1. The van der Waals surface area contributed by atoms with Crippen LogP contribution in [0.25, 0.3) is 5.65 Å². The maximum absolute atomic E-state index is 11.1. The summed E-state index contributed by atoms with van der Waals surface area (Å²) in [4.78, 5) is 13.5. The van der Waals surface area contributed by atoms with Crippen molar-refractivity contribution in [3.05, 3.63) is 29.7 Å². The number of likely N-dealkylation sites (tertiary alicyclic amines) is 1. The summed E-state index contributed by atoms with van der Waals surface area (Å²) in [7, 11) is 0. The van der Waals surface area contributed by atoms with Crippen molar-refractivity contribution in [3.63, 3.8) is 0 Å². The second-order valence-corrected chi connectivity index (χ2v) is 5.24. The Balaban J connectivity index is 1.98. The zero-order chi connectivity index (χ0) is 14.1. The molecular weight excluding hydrogens is 256 g/mol. The van der Waals surface area contributed by atoms with E-state index in [0.29, 0.717) is 11.6 Å². The SMILES string of the molecule is CCN1CCCC(c2nnc3ccc(C(=O)O)cn23)C1. The molecule has 1 unspecified atom stereocenters. The summed E-state index contributed by atoms with van der Waals surface area (Å²) in [6.07, 6.45) is 3.85. The van der Waals surface area contributed by atoms with Crippen molar-refractivity contribution in [2.45, 2.75) is 25.7 Å². The van der Waals surface area contributed by atoms with Crippen LogP contribution in [0.3, 0.4) is 0 Å². The molecule has 2 aromatic rings. The lowest BCUT2D eigenvalue weighted by Gasteiger charge is -2.30. The van der Waals surface area contributed by atoms with Crippen molar-refractivity contribution in [2.24, 2.45) is 0 Å². The summed E-state index contributed by atoms with van der Waals surface area (Å²) in [6, 6.07) is 3.27. The van der Waals surface area contributed by atoms with Gasteiger partial charge in [0.05, 0.1) is 5.56 Å². The molecule has 1 saturated heterocycles. The number of carboxylic acid groups (broad SMARTS) is 1. The third-order valence-corrected chi connectivity index (χ3v) is 3.99. The first kappa shape index (κ1) is 13.1. The largest absolute Gasteiger partial charge is 0.478 e. The lowest BCUT2D eigenvalue weighted by molar-refractivity contribution is 0.0696. The first-order valence-electron chi connectivity index (χ1n) is 6.99. The summed E-state index contributed by atoms with van der Waals surface area (Å²) in [6.45, 7) is 5.29. The number of carbonyl (C=O) groups is 1. The minimum Gasteiger partial charge on any atom is -0.478 e. The van der Waals surface area contributed by atoms with Crippen LogP contribution in [-0.4, -0.2) is 50.2 Å². The van der Waals surface area contributed by atoms with Gasteiger partial charge in [-0.2, -0.15) is 0 Å². The Morgan fingerprint density at radius 2 is 2.30 bits per heavy atom. The molecule has 3 rings (SSSR count). The van der Waals surface area contributed by atoms with Gasteiger partial charge in [-0.1, -0.05) is 6.92 Å². The fraction of sp³-hybridized carbons (Fsp3) is 0.500. The van der Waals surface area contributed by atoms with Crippen LogP contribution in [0.2, 0.25) is 0 Å². The molecule has 0 aliphatic carbocycles. The smallest absolute Gasteiger partial charge is 0.337 e. The average Bonchev–Trinajstić information content (AvgIpc) is 2.90. The monoisotopic (exact) mass is 274 g/mol. The van der Waals surface area contributed by atoms with E-state index < -0.39 is 5.97 Å². The second-order valence-electron chi connectivity index (χ2n) is 5.24. The summed E-state index contributed by atoms with van der Waals surface area (Å²) in [5.74, 6) is 0.273. The molecule has 6 nitrogen and oxygen atoms in total. The van der Waals surface area contributed by atoms with Gasteiger partial charge in [0.15, 0.2) is 5.65 Å². The number of fused-ring (bicyclic) bond motifs is 1. The highest BCUT2D eigenvalue weighted by Gasteiger charge is 2.24. The standard InChI is InChI=1S/C14H18N4O2/c1-2-17-7-3-4-10(8-17)13-16-15-12-6-5-11(14(19)20)9-18(12)13/h5-6,9-10H,2-4,7-8H2,1H3,(H,19,20). The second kappa shape index (κ2) is 5.20. The van der Waals surface area contributed by atoms with E-state index in [0.717, 1.165) is 38.3 Å². The molecule has 1 aliphatic rings. The van der Waals surface area contributed by atoms with Crippen LogP contribution in [0.1, 0.15) is 41.9 Å². The van der Waals surface area contributed by atoms with Crippen LogP contribution < -0.4 is 0 Å². The molecule has 0 bridgehead atoms. The first-order chi connectivity index (χ1) is 9.69. The maximum atomic E-state index is 11.1. The topological polar surface area (TPSA) is 70.7 Å². The van der Waals surface area contributed by atoms with Crippen molar-refractivity contribution in [1.29, 1.82) is 0 Å². The van der Waals surface area contributed by atoms with Gasteiger partial charge in [-0.05, 0) is 38.1 Å². The number of hydrogen-bond donors (Lipinski definition) is 1. The Morgan fingerprint density at radius 3 is 3.05 bits per heavy atom. The van der Waals surface area contributed by atoms with E-state index in [1.165, 1.54) is 0 Å². The highest BCUT2D eigenvalue weighted by Crippen LogP contribution is 2.26. The van der Waals surface area contributed by atoms with E-state index in [1.54, 1.807) is 18.3 Å². The van der Waals surface area contributed by atoms with Crippen molar-refractivity contribution >= 4 is 11.6 Å². The van der Waals surface area contributed by atoms with Gasteiger partial charge in [-0.15, -0.1) is 10.2 Å². The van der Waals surface area contributed by atoms with Crippen LogP contribution in [0, 0.1) is 0 Å². The van der Waals surface area contributed by atoms with E-state index in [9.17, 15) is 4.79 Å². The Kier molecular flexibility index (Phi) is 3.40. The zero-order valence-corrected chi connectivity index (χ0v) is 11.5. The Labute approximate surface area is 117 Å². The summed E-state index contributed by atoms with van der Waals surface area (Å²) >= 11 is 0. The van der Waals surface area contributed by atoms with E-state index in [2.05, 4.69) is 22.0 Å². The third kappa shape index (κ3) is 2.27. The molecule has 1 atom stereocenters. The Hall–Kier alpha value is -1.95. The molecule has 0 spiro atoms. The van der Waals surface area contributed by atoms with Gasteiger partial charge in [0, 0.05) is 18.7 Å². The molecule has 0 saturated carbocycles. The van der Waals surface area contributed by atoms with Gasteiger partial charge in [0.2, 0.25) is 0 Å². The molecule has 3 heterocycles. The van der Waals surface area contributed by atoms with Crippen molar-refractivity contribution in [2.75, 3.05) is 19.6 Å². The highest BCUT2D eigenvalue weighted by molar-refractivity contribution is 5.87. The number of hydrogen-bond acceptors (Lipinski definition) is 4. The summed E-state index contributed by atoms with van der Waals surface area (Å²) in [5, 5.41) is 17.5. The molecule has 1 fully saturated rings. The molecular formula is C14H18N4O2. The summed E-state index contributed by atoms with van der Waals surface area (Å²) in [5.41, 5.74) is 0.973. The lowest BCUT2D eigenvalue weighted by atomic mass is 9.97. The van der Waals surface area contributed by atoms with Crippen LogP contribution in [-0.2, 0) is 0 Å². The fourth-order valence-corrected chi connectivity index (χ4v) is 2.87. The van der Waals surface area contributed by atoms with Crippen LogP contribution >= 0.6 is 0 Å². The average molecular weight is 274 g/mol. The molecule has 2 aromatic heterocycles. The minimum atomic E-state index is -0.926. The van der Waals surface area contributed by atoms with E-state index in [1.807, 2.05) is 4.40 Å². The number of rotatable bonds is 3. The van der Waals surface area contributed by atoms with Gasteiger partial charge in [-0.25, -0.2) is 4.79 Å². The van der Waals surface area contributed by atoms with Crippen LogP contribution in [0.4, 0.5) is 0 Å². The number of aromatic nitrogens is 3. The molecule has 106 valence electrons. The van der Waals surface area contributed by atoms with Crippen molar-refractivity contribution in [1.82, 2.24) is 19.5 Å². The first-order valence-corrected chi connectivity index (χ1v) is 6.99. The van der Waals surface area contributed by atoms with Crippen molar-refractivity contribution in [3.8, 4) is 0 Å². The fourth-order valence-electron chi connectivity index (χ4n) is 2.87. The van der Waals surface area contributed by atoms with E-state index in [4.69, 9.17) is 5.11 Å². The number of carboxylic acids is 1. The Morgan fingerprint density at radius 1 is 1.45 bits per heavy atom. The minimum absolute atomic E-state index is 0.265. The number of nitrogens with zero attached hydrogens (tertiary/aromatic N) is 4. The van der Waals surface area contributed by atoms with E-state index in [-0.39, 0.29) is 5.56 Å². The number of aromatic carboxylic acids is 1. The molecule has 6 heteroatoms. The quantitative estimate of drug-likeness (QED) is 0.921. The van der Waals surface area contributed by atoms with Gasteiger partial charge in [0.1, 0.15) is 5.82 Å². The van der Waals surface area contributed by atoms with Gasteiger partial charge >= 0.3 is 5.97 Å². The Bertz CT molecular complexity index is 637. The highest BCUT2D eigenvalue weighted by atomic mass is 16.4. The molecule has 20 heavy (non-hydrogen) atoms. The molecule has 0 amide bonds. The van der Waals surface area contributed by atoms with Gasteiger partial charge in [-0.3, -0.25) is 4.40 Å². The number of piperidine rings is 1.